The number of methoxy groups -OCH3 is 1. The molecule has 6 heteroatoms. The highest BCUT2D eigenvalue weighted by atomic mass is 79.9. The standard InChI is InChI=1S/C27H23BrN2O3/c1-32-26-15-20(11-14-25(26)33-18-19-9-12-23(28)13-10-19)17-29-30-27(31)16-22-7-4-6-21-5-2-3-8-24(21)22/h2-15,17H,16,18H2,1H3,(H,30,31)/b29-17+. The highest BCUT2D eigenvalue weighted by Crippen LogP contribution is 2.28. The minimum absolute atomic E-state index is 0.177. The Kier molecular flexibility index (Phi) is 7.37. The van der Waals surface area contributed by atoms with Crippen LogP contribution in [0.1, 0.15) is 16.7 Å². The Bertz CT molecular complexity index is 1280. The number of amides is 1. The van der Waals surface area contributed by atoms with Gasteiger partial charge in [-0.2, -0.15) is 5.10 Å². The summed E-state index contributed by atoms with van der Waals surface area (Å²) in [6.07, 6.45) is 1.84. The van der Waals surface area contributed by atoms with Crippen molar-refractivity contribution < 1.29 is 14.3 Å². The lowest BCUT2D eigenvalue weighted by molar-refractivity contribution is -0.120. The van der Waals surface area contributed by atoms with E-state index in [4.69, 9.17) is 9.47 Å². The van der Waals surface area contributed by atoms with Gasteiger partial charge in [-0.15, -0.1) is 0 Å². The van der Waals surface area contributed by atoms with Gasteiger partial charge in [0.2, 0.25) is 5.91 Å². The summed E-state index contributed by atoms with van der Waals surface area (Å²) in [7, 11) is 1.59. The Balaban J connectivity index is 1.36. The summed E-state index contributed by atoms with van der Waals surface area (Å²) in [5, 5.41) is 6.28. The lowest BCUT2D eigenvalue weighted by Gasteiger charge is -2.11. The first kappa shape index (κ1) is 22.6. The van der Waals surface area contributed by atoms with Gasteiger partial charge in [0.05, 0.1) is 19.7 Å². The second kappa shape index (κ2) is 10.8. The van der Waals surface area contributed by atoms with E-state index >= 15 is 0 Å². The minimum Gasteiger partial charge on any atom is -0.493 e. The van der Waals surface area contributed by atoms with Crippen LogP contribution in [0, 0.1) is 0 Å². The Morgan fingerprint density at radius 2 is 1.76 bits per heavy atom. The maximum atomic E-state index is 12.4. The molecule has 166 valence electrons. The van der Waals surface area contributed by atoms with Crippen molar-refractivity contribution in [3.8, 4) is 11.5 Å². The largest absolute Gasteiger partial charge is 0.493 e. The molecule has 0 aliphatic carbocycles. The molecule has 33 heavy (non-hydrogen) atoms. The number of carbonyl (C=O) groups excluding carboxylic acids is 1. The average Bonchev–Trinajstić information content (AvgIpc) is 2.84. The van der Waals surface area contributed by atoms with E-state index in [1.54, 1.807) is 13.3 Å². The minimum atomic E-state index is -0.177. The molecule has 0 atom stereocenters. The molecule has 0 fully saturated rings. The number of nitrogens with one attached hydrogen (secondary N) is 1. The van der Waals surface area contributed by atoms with Crippen LogP contribution in [0.3, 0.4) is 0 Å². The molecule has 1 amide bonds. The molecule has 0 aliphatic heterocycles. The Morgan fingerprint density at radius 1 is 0.970 bits per heavy atom. The van der Waals surface area contributed by atoms with Crippen LogP contribution in [0.25, 0.3) is 10.8 Å². The Labute approximate surface area is 201 Å². The highest BCUT2D eigenvalue weighted by Gasteiger charge is 2.08. The van der Waals surface area contributed by atoms with Gasteiger partial charge in [-0.25, -0.2) is 5.43 Å². The number of hydrazone groups is 1. The van der Waals surface area contributed by atoms with Gasteiger partial charge in [0.1, 0.15) is 6.61 Å². The SMILES string of the molecule is COc1cc(/C=N/NC(=O)Cc2cccc3ccccc23)ccc1OCc1ccc(Br)cc1. The van der Waals surface area contributed by atoms with Crippen LogP contribution in [-0.4, -0.2) is 19.2 Å². The second-order valence-corrected chi connectivity index (χ2v) is 8.35. The number of rotatable bonds is 8. The van der Waals surface area contributed by atoms with Crippen molar-refractivity contribution in [2.45, 2.75) is 13.0 Å². The molecule has 4 rings (SSSR count). The topological polar surface area (TPSA) is 59.9 Å². The van der Waals surface area contributed by atoms with Gasteiger partial charge in [0.15, 0.2) is 11.5 Å². The van der Waals surface area contributed by atoms with Gasteiger partial charge in [-0.3, -0.25) is 4.79 Å². The first-order chi connectivity index (χ1) is 16.1. The molecule has 4 aromatic rings. The highest BCUT2D eigenvalue weighted by molar-refractivity contribution is 9.10. The van der Waals surface area contributed by atoms with Gasteiger partial charge in [-0.05, 0) is 57.8 Å². The fraction of sp³-hybridized carbons (Fsp3) is 0.111. The number of fused-ring (bicyclic) bond motifs is 1. The molecule has 0 spiro atoms. The molecule has 5 nitrogen and oxygen atoms in total. The molecular formula is C27H23BrN2O3. The Hall–Kier alpha value is -3.64. The summed E-state index contributed by atoms with van der Waals surface area (Å²) in [6.45, 7) is 0.432. The number of hydrogen-bond donors (Lipinski definition) is 1. The van der Waals surface area contributed by atoms with Crippen molar-refractivity contribution in [1.82, 2.24) is 5.43 Å². The molecule has 4 aromatic carbocycles. The van der Waals surface area contributed by atoms with Crippen molar-refractivity contribution in [2.24, 2.45) is 5.10 Å². The molecule has 0 saturated carbocycles. The predicted molar refractivity (Wildman–Crippen MR) is 135 cm³/mol. The van der Waals surface area contributed by atoms with Crippen molar-refractivity contribution in [2.75, 3.05) is 7.11 Å². The molecule has 0 heterocycles. The average molecular weight is 503 g/mol. The first-order valence-electron chi connectivity index (χ1n) is 10.5. The van der Waals surface area contributed by atoms with Crippen LogP contribution < -0.4 is 14.9 Å². The van der Waals surface area contributed by atoms with E-state index in [2.05, 4.69) is 26.5 Å². The molecule has 0 unspecified atom stereocenters. The summed E-state index contributed by atoms with van der Waals surface area (Å²) < 4.78 is 12.4. The van der Waals surface area contributed by atoms with Crippen LogP contribution in [0.2, 0.25) is 0 Å². The molecule has 1 N–H and O–H groups in total. The number of ether oxygens (including phenoxy) is 2. The molecule has 0 aromatic heterocycles. The van der Waals surface area contributed by atoms with Crippen LogP contribution in [0.4, 0.5) is 0 Å². The maximum absolute atomic E-state index is 12.4. The predicted octanol–water partition coefficient (Wildman–Crippen LogP) is 5.88. The summed E-state index contributed by atoms with van der Waals surface area (Å²) in [5.41, 5.74) is 5.41. The van der Waals surface area contributed by atoms with E-state index in [0.29, 0.717) is 18.1 Å². The fourth-order valence-electron chi connectivity index (χ4n) is 3.46. The van der Waals surface area contributed by atoms with E-state index in [1.807, 2.05) is 84.9 Å². The monoisotopic (exact) mass is 502 g/mol. The van der Waals surface area contributed by atoms with Gasteiger partial charge in [0, 0.05) is 4.47 Å². The van der Waals surface area contributed by atoms with E-state index in [-0.39, 0.29) is 12.3 Å². The number of hydrogen-bond acceptors (Lipinski definition) is 4. The molecule has 0 saturated heterocycles. The molecule has 0 aliphatic rings. The summed E-state index contributed by atoms with van der Waals surface area (Å²) >= 11 is 3.43. The van der Waals surface area contributed by atoms with Crippen LogP contribution in [0.5, 0.6) is 11.5 Å². The third-order valence-corrected chi connectivity index (χ3v) is 5.66. The summed E-state index contributed by atoms with van der Waals surface area (Å²) in [6, 6.07) is 27.4. The Morgan fingerprint density at radius 3 is 2.58 bits per heavy atom. The number of halogens is 1. The zero-order valence-corrected chi connectivity index (χ0v) is 19.7. The molecular weight excluding hydrogens is 480 g/mol. The van der Waals surface area contributed by atoms with Gasteiger partial charge < -0.3 is 9.47 Å². The number of benzene rings is 4. The van der Waals surface area contributed by atoms with Crippen molar-refractivity contribution in [3.63, 3.8) is 0 Å². The normalized spacial score (nSPS) is 11.0. The van der Waals surface area contributed by atoms with E-state index in [0.717, 1.165) is 31.9 Å². The van der Waals surface area contributed by atoms with Gasteiger partial charge in [0.25, 0.3) is 0 Å². The van der Waals surface area contributed by atoms with E-state index < -0.39 is 0 Å². The van der Waals surface area contributed by atoms with Crippen LogP contribution >= 0.6 is 15.9 Å². The van der Waals surface area contributed by atoms with Gasteiger partial charge >= 0.3 is 0 Å². The molecule has 0 radical (unpaired) electrons. The van der Waals surface area contributed by atoms with Crippen LogP contribution in [-0.2, 0) is 17.8 Å². The maximum Gasteiger partial charge on any atom is 0.244 e. The van der Waals surface area contributed by atoms with E-state index in [9.17, 15) is 4.79 Å². The second-order valence-electron chi connectivity index (χ2n) is 7.43. The third kappa shape index (κ3) is 5.99. The zero-order valence-electron chi connectivity index (χ0n) is 18.1. The van der Waals surface area contributed by atoms with Crippen molar-refractivity contribution >= 4 is 38.8 Å². The first-order valence-corrected chi connectivity index (χ1v) is 11.3. The zero-order chi connectivity index (χ0) is 23.0. The smallest absolute Gasteiger partial charge is 0.244 e. The number of nitrogens with zero attached hydrogens (tertiary/aromatic N) is 1. The van der Waals surface area contributed by atoms with Gasteiger partial charge in [-0.1, -0.05) is 70.5 Å². The lowest BCUT2D eigenvalue weighted by Crippen LogP contribution is -2.19. The quantitative estimate of drug-likeness (QED) is 0.241. The third-order valence-electron chi connectivity index (χ3n) is 5.13. The summed E-state index contributed by atoms with van der Waals surface area (Å²) in [5.74, 6) is 1.06. The summed E-state index contributed by atoms with van der Waals surface area (Å²) in [4.78, 5) is 12.4. The molecule has 0 bridgehead atoms. The number of carbonyl (C=O) groups is 1. The fourth-order valence-corrected chi connectivity index (χ4v) is 3.73. The lowest BCUT2D eigenvalue weighted by atomic mass is 10.0. The van der Waals surface area contributed by atoms with E-state index in [1.165, 1.54) is 0 Å². The van der Waals surface area contributed by atoms with Crippen molar-refractivity contribution in [3.05, 3.63) is 106 Å². The van der Waals surface area contributed by atoms with Crippen LogP contribution in [0.15, 0.2) is 94.5 Å². The van der Waals surface area contributed by atoms with Crippen molar-refractivity contribution in [1.29, 1.82) is 0 Å².